The van der Waals surface area contributed by atoms with Crippen molar-refractivity contribution in [1.82, 2.24) is 33.9 Å². The number of pyridine rings is 1. The first-order chi connectivity index (χ1) is 23.1. The molecular formula is C36H39N7O4S. The molecule has 0 saturated carbocycles. The molecule has 1 aromatic carbocycles. The SMILES string of the molecule is Cc1ncccc1-c1nc(C)c(C(=O)N2CC[C@@H](C(=O)N3CCC(O)(Cn4cnc5c(ccn5C)c4=O)CC3)[C@H](c3ccccc3)C2)s1. The Hall–Kier alpha value is -4.68. The molecule has 12 heteroatoms. The zero-order chi connectivity index (χ0) is 33.6. The number of carbonyl (C=O) groups excluding carboxylic acids is 2. The van der Waals surface area contributed by atoms with Crippen molar-refractivity contribution in [3.8, 4) is 10.6 Å². The summed E-state index contributed by atoms with van der Waals surface area (Å²) < 4.78 is 3.27. The molecule has 0 spiro atoms. The zero-order valence-corrected chi connectivity index (χ0v) is 28.2. The largest absolute Gasteiger partial charge is 0.388 e. The van der Waals surface area contributed by atoms with Crippen LogP contribution in [0.5, 0.6) is 0 Å². The number of benzene rings is 1. The van der Waals surface area contributed by atoms with Gasteiger partial charge in [-0.3, -0.25) is 23.9 Å². The summed E-state index contributed by atoms with van der Waals surface area (Å²) in [4.78, 5) is 59.0. The van der Waals surface area contributed by atoms with Crippen LogP contribution in [0, 0.1) is 19.8 Å². The topological polar surface area (TPSA) is 126 Å². The third-order valence-corrected chi connectivity index (χ3v) is 11.2. The lowest BCUT2D eigenvalue weighted by Crippen LogP contribution is -2.53. The van der Waals surface area contributed by atoms with Gasteiger partial charge in [-0.15, -0.1) is 11.3 Å². The van der Waals surface area contributed by atoms with Crippen molar-refractivity contribution in [2.75, 3.05) is 26.2 Å². The third-order valence-electron chi connectivity index (χ3n) is 9.99. The molecule has 2 aliphatic heterocycles. The summed E-state index contributed by atoms with van der Waals surface area (Å²) in [5.41, 5.74) is 2.81. The van der Waals surface area contributed by atoms with Gasteiger partial charge in [-0.2, -0.15) is 0 Å². The molecule has 11 nitrogen and oxygen atoms in total. The van der Waals surface area contributed by atoms with Crippen LogP contribution in [-0.4, -0.2) is 82.6 Å². The van der Waals surface area contributed by atoms with E-state index >= 15 is 0 Å². The number of fused-ring (bicyclic) bond motifs is 1. The molecule has 2 amide bonds. The fourth-order valence-electron chi connectivity index (χ4n) is 7.18. The molecule has 2 saturated heterocycles. The highest BCUT2D eigenvalue weighted by atomic mass is 32.1. The fourth-order valence-corrected chi connectivity index (χ4v) is 8.29. The standard InChI is InChI=1S/C36H39N7O4S/c1-23-26(10-7-15-37-23)32-39-24(2)30(48-32)35(46)42-17-12-27(29(20-42)25-8-5-4-6-9-25)33(44)41-18-13-36(47,14-19-41)21-43-22-38-31-28(34(43)45)11-16-40(31)3/h4-11,15-16,22,27,29,47H,12-14,17-21H2,1-3H3/t27-,29+/m1/s1. The van der Waals surface area contributed by atoms with E-state index in [-0.39, 0.29) is 35.8 Å². The first-order valence-corrected chi connectivity index (χ1v) is 17.2. The Morgan fingerprint density at radius 2 is 1.75 bits per heavy atom. The molecule has 0 bridgehead atoms. The van der Waals surface area contributed by atoms with Crippen LogP contribution in [0.4, 0.5) is 0 Å². The minimum Gasteiger partial charge on any atom is -0.388 e. The zero-order valence-electron chi connectivity index (χ0n) is 27.4. The van der Waals surface area contributed by atoms with Crippen LogP contribution in [-0.2, 0) is 18.4 Å². The van der Waals surface area contributed by atoms with Crippen molar-refractivity contribution in [3.05, 3.63) is 99.4 Å². The van der Waals surface area contributed by atoms with E-state index in [1.165, 1.54) is 22.2 Å². The summed E-state index contributed by atoms with van der Waals surface area (Å²) in [5, 5.41) is 12.8. The second kappa shape index (κ2) is 12.7. The lowest BCUT2D eigenvalue weighted by atomic mass is 9.79. The van der Waals surface area contributed by atoms with Crippen molar-refractivity contribution >= 4 is 34.2 Å². The van der Waals surface area contributed by atoms with Gasteiger partial charge in [-0.05, 0) is 56.9 Å². The van der Waals surface area contributed by atoms with Crippen molar-refractivity contribution < 1.29 is 14.7 Å². The Labute approximate surface area is 282 Å². The monoisotopic (exact) mass is 665 g/mol. The van der Waals surface area contributed by atoms with Crippen LogP contribution in [0.3, 0.4) is 0 Å². The van der Waals surface area contributed by atoms with Crippen LogP contribution >= 0.6 is 11.3 Å². The number of rotatable bonds is 6. The number of aliphatic hydroxyl groups is 1. The minimum atomic E-state index is -1.13. The molecule has 0 radical (unpaired) electrons. The molecule has 248 valence electrons. The van der Waals surface area contributed by atoms with Gasteiger partial charge in [0, 0.05) is 68.7 Å². The van der Waals surface area contributed by atoms with Crippen molar-refractivity contribution in [1.29, 1.82) is 0 Å². The molecule has 2 atom stereocenters. The van der Waals surface area contributed by atoms with Gasteiger partial charge in [0.05, 0.1) is 23.2 Å². The third kappa shape index (κ3) is 5.94. The molecule has 48 heavy (non-hydrogen) atoms. The van der Waals surface area contributed by atoms with E-state index in [0.29, 0.717) is 67.0 Å². The highest BCUT2D eigenvalue weighted by molar-refractivity contribution is 7.17. The number of aryl methyl sites for hydroxylation is 3. The number of hydrogen-bond acceptors (Lipinski definition) is 8. The van der Waals surface area contributed by atoms with Crippen LogP contribution in [0.1, 0.15) is 51.8 Å². The summed E-state index contributed by atoms with van der Waals surface area (Å²) in [6, 6.07) is 15.5. The van der Waals surface area contributed by atoms with Crippen LogP contribution in [0.15, 0.2) is 72.0 Å². The smallest absolute Gasteiger partial charge is 0.265 e. The average molecular weight is 666 g/mol. The van der Waals surface area contributed by atoms with Crippen molar-refractivity contribution in [3.63, 3.8) is 0 Å². The molecule has 2 fully saturated rings. The first-order valence-electron chi connectivity index (χ1n) is 16.4. The van der Waals surface area contributed by atoms with E-state index in [0.717, 1.165) is 21.8 Å². The number of hydrogen-bond donors (Lipinski definition) is 1. The lowest BCUT2D eigenvalue weighted by Gasteiger charge is -2.43. The molecule has 6 heterocycles. The maximum Gasteiger partial charge on any atom is 0.265 e. The normalized spacial score (nSPS) is 19.5. The van der Waals surface area contributed by atoms with Crippen molar-refractivity contribution in [2.45, 2.75) is 51.2 Å². The van der Waals surface area contributed by atoms with Crippen LogP contribution in [0.2, 0.25) is 0 Å². The highest BCUT2D eigenvalue weighted by Crippen LogP contribution is 2.37. The Balaban J connectivity index is 1.06. The number of nitrogens with zero attached hydrogens (tertiary/aromatic N) is 7. The Morgan fingerprint density at radius 1 is 0.979 bits per heavy atom. The van der Waals surface area contributed by atoms with Gasteiger partial charge in [0.15, 0.2) is 0 Å². The Bertz CT molecular complexity index is 2040. The van der Waals surface area contributed by atoms with E-state index in [2.05, 4.69) is 9.97 Å². The molecule has 1 N–H and O–H groups in total. The van der Waals surface area contributed by atoms with Crippen LogP contribution < -0.4 is 5.56 Å². The number of carbonyl (C=O) groups is 2. The number of thiazole rings is 1. The Morgan fingerprint density at radius 3 is 2.50 bits per heavy atom. The second-order valence-electron chi connectivity index (χ2n) is 13.1. The molecular weight excluding hydrogens is 627 g/mol. The summed E-state index contributed by atoms with van der Waals surface area (Å²) in [5.74, 6) is -0.490. The second-order valence-corrected chi connectivity index (χ2v) is 14.1. The van der Waals surface area contributed by atoms with E-state index in [1.54, 1.807) is 23.0 Å². The lowest BCUT2D eigenvalue weighted by molar-refractivity contribution is -0.142. The molecule has 7 rings (SSSR count). The summed E-state index contributed by atoms with van der Waals surface area (Å²) in [6.07, 6.45) is 6.29. The van der Waals surface area contributed by atoms with E-state index in [9.17, 15) is 19.5 Å². The molecule has 4 aromatic heterocycles. The van der Waals surface area contributed by atoms with E-state index < -0.39 is 5.60 Å². The quantitative estimate of drug-likeness (QED) is 0.289. The predicted molar refractivity (Wildman–Crippen MR) is 184 cm³/mol. The van der Waals surface area contributed by atoms with Crippen molar-refractivity contribution in [2.24, 2.45) is 13.0 Å². The van der Waals surface area contributed by atoms with E-state index in [4.69, 9.17) is 4.98 Å². The van der Waals surface area contributed by atoms with Gasteiger partial charge in [0.2, 0.25) is 5.91 Å². The number of aromatic nitrogens is 5. The first kappa shape index (κ1) is 31.9. The van der Waals surface area contributed by atoms with Gasteiger partial charge in [0.1, 0.15) is 21.9 Å². The van der Waals surface area contributed by atoms with Gasteiger partial charge in [0.25, 0.3) is 11.5 Å². The van der Waals surface area contributed by atoms with Gasteiger partial charge in [-0.1, -0.05) is 30.3 Å². The van der Waals surface area contributed by atoms with Gasteiger partial charge in [-0.25, -0.2) is 9.97 Å². The van der Waals surface area contributed by atoms with E-state index in [1.807, 2.05) is 73.2 Å². The molecule has 5 aromatic rings. The number of piperidine rings is 2. The number of amides is 2. The van der Waals surface area contributed by atoms with Gasteiger partial charge < -0.3 is 19.5 Å². The average Bonchev–Trinajstić information content (AvgIpc) is 3.68. The minimum absolute atomic E-state index is 0.0471. The summed E-state index contributed by atoms with van der Waals surface area (Å²) in [6.45, 7) is 5.60. The number of likely N-dealkylation sites (tertiary alicyclic amines) is 2. The fraction of sp³-hybridized carbons (Fsp3) is 0.389. The maximum atomic E-state index is 14.2. The molecule has 2 aliphatic rings. The highest BCUT2D eigenvalue weighted by Gasteiger charge is 2.42. The Kier molecular flexibility index (Phi) is 8.46. The molecule has 0 unspecified atom stereocenters. The predicted octanol–water partition coefficient (Wildman–Crippen LogP) is 4.17. The summed E-state index contributed by atoms with van der Waals surface area (Å²) in [7, 11) is 1.84. The summed E-state index contributed by atoms with van der Waals surface area (Å²) >= 11 is 1.39. The molecule has 0 aliphatic carbocycles. The van der Waals surface area contributed by atoms with Crippen LogP contribution in [0.25, 0.3) is 21.6 Å². The maximum absolute atomic E-state index is 14.2. The van der Waals surface area contributed by atoms with Gasteiger partial charge >= 0.3 is 0 Å².